The van der Waals surface area contributed by atoms with Gasteiger partial charge in [-0.25, -0.2) is 0 Å². The fourth-order valence-electron chi connectivity index (χ4n) is 2.66. The Morgan fingerprint density at radius 1 is 1.26 bits per heavy atom. The maximum absolute atomic E-state index is 12.2. The smallest absolute Gasteiger partial charge is 0.191 e. The molecule has 0 heterocycles. The van der Waals surface area contributed by atoms with Crippen LogP contribution in [-0.4, -0.2) is 46.3 Å². The van der Waals surface area contributed by atoms with E-state index in [0.29, 0.717) is 18.3 Å². The van der Waals surface area contributed by atoms with Crippen LogP contribution in [0.25, 0.3) is 0 Å². The second-order valence-corrected chi connectivity index (χ2v) is 7.34. The number of hydrogen-bond donors (Lipinski definition) is 3. The average Bonchev–Trinajstić information content (AvgIpc) is 2.58. The maximum atomic E-state index is 12.2. The summed E-state index contributed by atoms with van der Waals surface area (Å²) in [6.07, 6.45) is 3.45. The van der Waals surface area contributed by atoms with Crippen molar-refractivity contribution in [3.8, 4) is 0 Å². The summed E-state index contributed by atoms with van der Waals surface area (Å²) in [5, 5.41) is 16.2. The largest absolute Gasteiger partial charge is 0.393 e. The lowest BCUT2D eigenvalue weighted by Gasteiger charge is -2.27. The van der Waals surface area contributed by atoms with E-state index in [1.807, 2.05) is 37.3 Å². The minimum Gasteiger partial charge on any atom is -0.393 e. The first-order valence-electron chi connectivity index (χ1n) is 8.35. The van der Waals surface area contributed by atoms with Crippen LogP contribution in [0.3, 0.4) is 0 Å². The molecule has 0 amide bonds. The second-order valence-electron chi connectivity index (χ2n) is 5.77. The topological polar surface area (TPSA) is 73.7 Å². The van der Waals surface area contributed by atoms with Gasteiger partial charge in [-0.2, -0.15) is 0 Å². The standard InChI is InChI=1S/C17H27N3O2S/c1-2-18-17(20-14-8-10-15(21)11-9-14)19-12-13-23(22)16-6-4-3-5-7-16/h3-7,14-15,21H,2,8-13H2,1H3,(H2,18,19,20). The molecule has 5 nitrogen and oxygen atoms in total. The molecule has 1 unspecified atom stereocenters. The summed E-state index contributed by atoms with van der Waals surface area (Å²) in [7, 11) is -1.01. The molecule has 6 heteroatoms. The van der Waals surface area contributed by atoms with Gasteiger partial charge >= 0.3 is 0 Å². The Morgan fingerprint density at radius 2 is 1.96 bits per heavy atom. The molecule has 1 aliphatic carbocycles. The average molecular weight is 337 g/mol. The van der Waals surface area contributed by atoms with Crippen LogP contribution in [0.15, 0.2) is 40.2 Å². The van der Waals surface area contributed by atoms with Gasteiger partial charge in [0.05, 0.1) is 23.4 Å². The van der Waals surface area contributed by atoms with E-state index >= 15 is 0 Å². The van der Waals surface area contributed by atoms with E-state index in [-0.39, 0.29) is 6.10 Å². The predicted octanol–water partition coefficient (Wildman–Crippen LogP) is 1.65. The zero-order valence-corrected chi connectivity index (χ0v) is 14.5. The van der Waals surface area contributed by atoms with Gasteiger partial charge in [0, 0.05) is 23.2 Å². The first kappa shape index (κ1) is 17.9. The third-order valence-corrected chi connectivity index (χ3v) is 5.29. The van der Waals surface area contributed by atoms with Crippen molar-refractivity contribution in [3.05, 3.63) is 30.3 Å². The SMILES string of the molecule is CCNC(=NCCS(=O)c1ccccc1)NC1CCC(O)CC1. The van der Waals surface area contributed by atoms with E-state index in [1.165, 1.54) is 0 Å². The Bertz CT molecular complexity index is 514. The van der Waals surface area contributed by atoms with Crippen LogP contribution in [0, 0.1) is 0 Å². The number of hydrogen-bond acceptors (Lipinski definition) is 3. The van der Waals surface area contributed by atoms with Gasteiger partial charge in [-0.05, 0) is 44.7 Å². The highest BCUT2D eigenvalue weighted by Gasteiger charge is 2.19. The molecule has 0 aromatic heterocycles. The highest BCUT2D eigenvalue weighted by atomic mass is 32.2. The summed E-state index contributed by atoms with van der Waals surface area (Å²) in [6, 6.07) is 9.86. The minimum absolute atomic E-state index is 0.152. The van der Waals surface area contributed by atoms with Crippen molar-refractivity contribution in [3.63, 3.8) is 0 Å². The van der Waals surface area contributed by atoms with Crippen molar-refractivity contribution in [1.29, 1.82) is 0 Å². The molecule has 128 valence electrons. The lowest BCUT2D eigenvalue weighted by Crippen LogP contribution is -2.45. The van der Waals surface area contributed by atoms with E-state index in [0.717, 1.165) is 43.1 Å². The Labute approximate surface area is 141 Å². The number of benzene rings is 1. The molecular formula is C17H27N3O2S. The second kappa shape index (κ2) is 9.67. The first-order valence-corrected chi connectivity index (χ1v) is 9.67. The molecule has 23 heavy (non-hydrogen) atoms. The van der Waals surface area contributed by atoms with E-state index < -0.39 is 10.8 Å². The molecule has 1 atom stereocenters. The minimum atomic E-state index is -1.01. The molecule has 3 N–H and O–H groups in total. The molecule has 0 radical (unpaired) electrons. The van der Waals surface area contributed by atoms with Crippen molar-refractivity contribution in [1.82, 2.24) is 10.6 Å². The fourth-order valence-corrected chi connectivity index (χ4v) is 3.62. The number of aliphatic imine (C=N–C) groups is 1. The van der Waals surface area contributed by atoms with E-state index in [4.69, 9.17) is 0 Å². The number of rotatable bonds is 6. The molecule has 2 rings (SSSR count). The van der Waals surface area contributed by atoms with Crippen LogP contribution in [-0.2, 0) is 10.8 Å². The van der Waals surface area contributed by atoms with Crippen molar-refractivity contribution in [2.45, 2.75) is 49.6 Å². The highest BCUT2D eigenvalue weighted by molar-refractivity contribution is 7.85. The number of nitrogens with zero attached hydrogens (tertiary/aromatic N) is 1. The third-order valence-electron chi connectivity index (χ3n) is 3.93. The van der Waals surface area contributed by atoms with Gasteiger partial charge in [-0.15, -0.1) is 0 Å². The van der Waals surface area contributed by atoms with Gasteiger partial charge < -0.3 is 15.7 Å². The monoisotopic (exact) mass is 337 g/mol. The number of nitrogens with one attached hydrogen (secondary N) is 2. The molecule has 1 aliphatic rings. The van der Waals surface area contributed by atoms with Crippen LogP contribution in [0.5, 0.6) is 0 Å². The van der Waals surface area contributed by atoms with Crippen molar-refractivity contribution < 1.29 is 9.32 Å². The van der Waals surface area contributed by atoms with Crippen molar-refractivity contribution in [2.75, 3.05) is 18.8 Å². The van der Waals surface area contributed by atoms with Crippen LogP contribution in [0.2, 0.25) is 0 Å². The van der Waals surface area contributed by atoms with Gasteiger partial charge in [-0.1, -0.05) is 18.2 Å². The summed E-state index contributed by atoms with van der Waals surface area (Å²) in [6.45, 7) is 3.35. The fraction of sp³-hybridized carbons (Fsp3) is 0.588. The number of aliphatic hydroxyl groups is 1. The molecule has 0 spiro atoms. The quantitative estimate of drug-likeness (QED) is 0.545. The van der Waals surface area contributed by atoms with Gasteiger partial charge in [-0.3, -0.25) is 9.20 Å². The van der Waals surface area contributed by atoms with Crippen molar-refractivity contribution >= 4 is 16.8 Å². The predicted molar refractivity (Wildman–Crippen MR) is 95.1 cm³/mol. The maximum Gasteiger partial charge on any atom is 0.191 e. The summed E-state index contributed by atoms with van der Waals surface area (Å²) >= 11 is 0. The number of guanidine groups is 1. The Hall–Kier alpha value is -1.40. The van der Waals surface area contributed by atoms with Crippen LogP contribution >= 0.6 is 0 Å². The highest BCUT2D eigenvalue weighted by Crippen LogP contribution is 2.18. The van der Waals surface area contributed by atoms with Gasteiger partial charge in [0.2, 0.25) is 0 Å². The molecule has 1 aromatic rings. The van der Waals surface area contributed by atoms with E-state index in [2.05, 4.69) is 15.6 Å². The summed E-state index contributed by atoms with van der Waals surface area (Å²) in [4.78, 5) is 5.38. The lowest BCUT2D eigenvalue weighted by molar-refractivity contribution is 0.120. The van der Waals surface area contributed by atoms with Crippen LogP contribution in [0.4, 0.5) is 0 Å². The van der Waals surface area contributed by atoms with E-state index in [1.54, 1.807) is 0 Å². The normalized spacial score (nSPS) is 23.3. The lowest BCUT2D eigenvalue weighted by atomic mass is 9.93. The molecule has 1 aromatic carbocycles. The zero-order valence-electron chi connectivity index (χ0n) is 13.7. The van der Waals surface area contributed by atoms with Crippen LogP contribution in [0.1, 0.15) is 32.6 Å². The van der Waals surface area contributed by atoms with Gasteiger partial charge in [0.15, 0.2) is 5.96 Å². The van der Waals surface area contributed by atoms with Gasteiger partial charge in [0.25, 0.3) is 0 Å². The Kier molecular flexibility index (Phi) is 7.55. The molecule has 0 aliphatic heterocycles. The van der Waals surface area contributed by atoms with Crippen molar-refractivity contribution in [2.24, 2.45) is 4.99 Å². The summed E-state index contributed by atoms with van der Waals surface area (Å²) < 4.78 is 12.2. The Balaban J connectivity index is 1.82. The summed E-state index contributed by atoms with van der Waals surface area (Å²) in [5.41, 5.74) is 0. The van der Waals surface area contributed by atoms with E-state index in [9.17, 15) is 9.32 Å². The molecular weight excluding hydrogens is 310 g/mol. The molecule has 1 fully saturated rings. The first-order chi connectivity index (χ1) is 11.2. The molecule has 1 saturated carbocycles. The molecule has 0 saturated heterocycles. The number of aliphatic hydroxyl groups excluding tert-OH is 1. The zero-order chi connectivity index (χ0) is 16.5. The van der Waals surface area contributed by atoms with Gasteiger partial charge in [0.1, 0.15) is 0 Å². The molecule has 0 bridgehead atoms. The third kappa shape index (κ3) is 6.31. The van der Waals surface area contributed by atoms with Crippen LogP contribution < -0.4 is 10.6 Å². The summed E-state index contributed by atoms with van der Waals surface area (Å²) in [5.74, 6) is 1.29. The Morgan fingerprint density at radius 3 is 2.61 bits per heavy atom.